The Morgan fingerprint density at radius 1 is 1.33 bits per heavy atom. The Kier molecular flexibility index (Phi) is 5.84. The van der Waals surface area contributed by atoms with E-state index in [2.05, 4.69) is 0 Å². The summed E-state index contributed by atoms with van der Waals surface area (Å²) in [7, 11) is 0. The first kappa shape index (κ1) is 13.2. The second kappa shape index (κ2) is 6.63. The maximum Gasteiger partial charge on any atom is 0.339 e. The number of aliphatic hydroxyl groups is 1. The monoisotopic (exact) mass is 215 g/mol. The molecule has 15 heavy (non-hydrogen) atoms. The Morgan fingerprint density at radius 3 is 2.20 bits per heavy atom. The zero-order chi connectivity index (χ0) is 11.8. The minimum atomic E-state index is -1.27. The highest BCUT2D eigenvalue weighted by Gasteiger charge is 2.08. The zero-order valence-electron chi connectivity index (χ0n) is 7.92. The predicted molar refractivity (Wildman–Crippen MR) is 52.9 cm³/mol. The molecule has 6 nitrogen and oxygen atoms in total. The van der Waals surface area contributed by atoms with E-state index in [4.69, 9.17) is 26.2 Å². The van der Waals surface area contributed by atoms with E-state index in [0.717, 1.165) is 12.1 Å². The number of rotatable bonds is 2. The van der Waals surface area contributed by atoms with Gasteiger partial charge in [-0.3, -0.25) is 0 Å². The van der Waals surface area contributed by atoms with E-state index in [0.29, 0.717) is 6.54 Å². The van der Waals surface area contributed by atoms with Crippen LogP contribution in [0.1, 0.15) is 10.4 Å². The van der Waals surface area contributed by atoms with Crippen LogP contribution < -0.4 is 5.73 Å². The van der Waals surface area contributed by atoms with Gasteiger partial charge in [-0.1, -0.05) is 0 Å². The fourth-order valence-corrected chi connectivity index (χ4v) is 0.695. The molecule has 0 amide bonds. The molecule has 1 aromatic carbocycles. The fraction of sp³-hybridized carbons (Fsp3) is 0.222. The first-order chi connectivity index (χ1) is 7.02. The number of phenols is 2. The summed E-state index contributed by atoms with van der Waals surface area (Å²) in [4.78, 5) is 10.3. The van der Waals surface area contributed by atoms with E-state index in [9.17, 15) is 4.79 Å². The molecule has 6 N–H and O–H groups in total. The first-order valence-electron chi connectivity index (χ1n) is 4.09. The van der Waals surface area contributed by atoms with E-state index in [1.165, 1.54) is 6.07 Å². The Morgan fingerprint density at radius 2 is 1.87 bits per heavy atom. The number of nitrogens with two attached hydrogens (primary N) is 1. The number of aliphatic hydroxyl groups excluding tert-OH is 1. The van der Waals surface area contributed by atoms with Gasteiger partial charge in [-0.05, 0) is 18.2 Å². The van der Waals surface area contributed by atoms with Gasteiger partial charge in [0, 0.05) is 6.54 Å². The third kappa shape index (κ3) is 4.84. The van der Waals surface area contributed by atoms with Crippen molar-refractivity contribution >= 4 is 5.97 Å². The Labute approximate surface area is 86.2 Å². The van der Waals surface area contributed by atoms with E-state index in [1.807, 2.05) is 0 Å². The van der Waals surface area contributed by atoms with Gasteiger partial charge in [0.15, 0.2) is 0 Å². The molecular weight excluding hydrogens is 202 g/mol. The van der Waals surface area contributed by atoms with Gasteiger partial charge in [-0.2, -0.15) is 0 Å². The van der Waals surface area contributed by atoms with Crippen LogP contribution in [-0.4, -0.2) is 39.5 Å². The van der Waals surface area contributed by atoms with Gasteiger partial charge in [-0.15, -0.1) is 0 Å². The van der Waals surface area contributed by atoms with Crippen molar-refractivity contribution in [1.29, 1.82) is 0 Å². The highest BCUT2D eigenvalue weighted by Crippen LogP contribution is 2.21. The molecule has 0 saturated carbocycles. The molecule has 0 aliphatic heterocycles. The highest BCUT2D eigenvalue weighted by atomic mass is 16.4. The summed E-state index contributed by atoms with van der Waals surface area (Å²) >= 11 is 0. The summed E-state index contributed by atoms with van der Waals surface area (Å²) in [6.45, 7) is 0.472. The predicted octanol–water partition coefficient (Wildman–Crippen LogP) is -0.267. The van der Waals surface area contributed by atoms with Crippen molar-refractivity contribution in [3.63, 3.8) is 0 Å². The normalized spacial score (nSPS) is 8.93. The molecule has 0 aromatic heterocycles. The van der Waals surface area contributed by atoms with E-state index < -0.39 is 5.97 Å². The molecule has 0 unspecified atom stereocenters. The number of phenolic OH excluding ortho intramolecular Hbond substituents is 1. The highest BCUT2D eigenvalue weighted by molar-refractivity contribution is 5.91. The summed E-state index contributed by atoms with van der Waals surface area (Å²) in [5, 5.41) is 33.9. The number of hydrogen-bond donors (Lipinski definition) is 5. The average molecular weight is 215 g/mol. The SMILES string of the molecule is NCCO.O=C(O)c1cc(O)ccc1O. The summed E-state index contributed by atoms with van der Waals surface area (Å²) in [6.07, 6.45) is 0. The molecule has 0 atom stereocenters. The van der Waals surface area contributed by atoms with Crippen LogP contribution in [0.25, 0.3) is 0 Å². The second-order valence-electron chi connectivity index (χ2n) is 2.52. The number of aromatic carboxylic acids is 1. The van der Waals surface area contributed by atoms with Gasteiger partial charge < -0.3 is 26.2 Å². The van der Waals surface area contributed by atoms with Gasteiger partial charge in [0.25, 0.3) is 0 Å². The fourth-order valence-electron chi connectivity index (χ4n) is 0.695. The third-order valence-corrected chi connectivity index (χ3v) is 1.34. The van der Waals surface area contributed by atoms with Crippen LogP contribution in [0.15, 0.2) is 18.2 Å². The van der Waals surface area contributed by atoms with Crippen LogP contribution in [0.4, 0.5) is 0 Å². The lowest BCUT2D eigenvalue weighted by Crippen LogP contribution is -2.02. The maximum atomic E-state index is 10.3. The van der Waals surface area contributed by atoms with Gasteiger partial charge in [0.1, 0.15) is 17.1 Å². The summed E-state index contributed by atoms with van der Waals surface area (Å²) in [5.41, 5.74) is 4.48. The average Bonchev–Trinajstić information content (AvgIpc) is 2.22. The van der Waals surface area contributed by atoms with Crippen LogP contribution in [0, 0.1) is 0 Å². The Balaban J connectivity index is 0.000000423. The standard InChI is InChI=1S/C7H6O4.C2H7NO/c8-4-1-2-6(9)5(3-4)7(10)11;3-1-2-4/h1-3,8-9H,(H,10,11);4H,1-3H2. The van der Waals surface area contributed by atoms with Gasteiger partial charge in [-0.25, -0.2) is 4.79 Å². The van der Waals surface area contributed by atoms with Crippen molar-refractivity contribution in [1.82, 2.24) is 0 Å². The van der Waals surface area contributed by atoms with E-state index >= 15 is 0 Å². The molecule has 0 radical (unpaired) electrons. The van der Waals surface area contributed by atoms with Crippen LogP contribution in [0.2, 0.25) is 0 Å². The van der Waals surface area contributed by atoms with Gasteiger partial charge in [0.05, 0.1) is 6.61 Å². The van der Waals surface area contributed by atoms with Gasteiger partial charge in [0.2, 0.25) is 0 Å². The molecule has 1 aromatic rings. The maximum absolute atomic E-state index is 10.3. The van der Waals surface area contributed by atoms with Crippen molar-refractivity contribution in [3.8, 4) is 11.5 Å². The number of aromatic hydroxyl groups is 2. The summed E-state index contributed by atoms with van der Waals surface area (Å²) in [6, 6.07) is 3.32. The molecule has 0 saturated heterocycles. The van der Waals surface area contributed by atoms with Crippen LogP contribution in [0.5, 0.6) is 11.5 Å². The van der Waals surface area contributed by atoms with E-state index in [1.54, 1.807) is 0 Å². The van der Waals surface area contributed by atoms with Crippen LogP contribution in [-0.2, 0) is 0 Å². The topological polar surface area (TPSA) is 124 Å². The van der Waals surface area contributed by atoms with Crippen LogP contribution >= 0.6 is 0 Å². The second-order valence-corrected chi connectivity index (χ2v) is 2.52. The first-order valence-corrected chi connectivity index (χ1v) is 4.09. The van der Waals surface area contributed by atoms with Crippen molar-refractivity contribution in [2.75, 3.05) is 13.2 Å². The Hall–Kier alpha value is -1.79. The molecular formula is C9H13NO5. The third-order valence-electron chi connectivity index (χ3n) is 1.34. The van der Waals surface area contributed by atoms with E-state index in [-0.39, 0.29) is 23.7 Å². The molecule has 0 bridgehead atoms. The van der Waals surface area contributed by atoms with Crippen molar-refractivity contribution in [3.05, 3.63) is 23.8 Å². The van der Waals surface area contributed by atoms with Crippen molar-refractivity contribution in [2.45, 2.75) is 0 Å². The number of benzene rings is 1. The molecule has 0 spiro atoms. The number of carbonyl (C=O) groups is 1. The molecule has 0 aliphatic carbocycles. The van der Waals surface area contributed by atoms with Crippen molar-refractivity contribution < 1.29 is 25.2 Å². The minimum Gasteiger partial charge on any atom is -0.508 e. The zero-order valence-corrected chi connectivity index (χ0v) is 7.92. The largest absolute Gasteiger partial charge is 0.508 e. The minimum absolute atomic E-state index is 0.0972. The molecule has 0 aliphatic rings. The molecule has 1 rings (SSSR count). The smallest absolute Gasteiger partial charge is 0.339 e. The lowest BCUT2D eigenvalue weighted by molar-refractivity contribution is 0.0693. The summed E-state index contributed by atoms with van der Waals surface area (Å²) < 4.78 is 0. The van der Waals surface area contributed by atoms with Crippen LogP contribution in [0.3, 0.4) is 0 Å². The molecule has 0 fully saturated rings. The lowest BCUT2D eigenvalue weighted by atomic mass is 10.2. The molecule has 0 heterocycles. The quantitative estimate of drug-likeness (QED) is 0.433. The van der Waals surface area contributed by atoms with Crippen molar-refractivity contribution in [2.24, 2.45) is 5.73 Å². The number of hydrogen-bond acceptors (Lipinski definition) is 5. The molecule has 6 heteroatoms. The van der Waals surface area contributed by atoms with Gasteiger partial charge >= 0.3 is 5.97 Å². The number of carboxylic acids is 1. The molecule has 84 valence electrons. The lowest BCUT2D eigenvalue weighted by Gasteiger charge is -1.98. The Bertz CT molecular complexity index is 324. The summed E-state index contributed by atoms with van der Waals surface area (Å²) in [5.74, 6) is -1.80. The number of carboxylic acid groups (broad SMARTS) is 1.